The molecule has 1 aliphatic heterocycles. The van der Waals surface area contributed by atoms with Gasteiger partial charge in [0.05, 0.1) is 0 Å². The Kier molecular flexibility index (Phi) is 6.91. The molecule has 1 saturated heterocycles. The normalized spacial score (nSPS) is 24.5. The van der Waals surface area contributed by atoms with Gasteiger partial charge in [-0.2, -0.15) is 0 Å². The molecule has 2 fully saturated rings. The highest BCUT2D eigenvalue weighted by Crippen LogP contribution is 2.33. The van der Waals surface area contributed by atoms with Gasteiger partial charge >= 0.3 is 0 Å². The average Bonchev–Trinajstić information content (AvgIpc) is 3.02. The largest absolute Gasteiger partial charge is 0.333 e. The van der Waals surface area contributed by atoms with Crippen LogP contribution in [0.2, 0.25) is 0 Å². The first kappa shape index (κ1) is 17.5. The second kappa shape index (κ2) is 8.69. The van der Waals surface area contributed by atoms with E-state index in [1.807, 2.05) is 4.90 Å². The summed E-state index contributed by atoms with van der Waals surface area (Å²) in [7, 11) is 0. The van der Waals surface area contributed by atoms with Crippen molar-refractivity contribution in [2.45, 2.75) is 90.5 Å². The Morgan fingerprint density at radius 2 is 1.77 bits per heavy atom. The van der Waals surface area contributed by atoms with Crippen molar-refractivity contribution in [3.8, 4) is 0 Å². The maximum atomic E-state index is 12.8. The first-order chi connectivity index (χ1) is 10.7. The third-order valence-electron chi connectivity index (χ3n) is 5.74. The number of carbonyl (C=O) groups is 2. The molecule has 0 bridgehead atoms. The van der Waals surface area contributed by atoms with Gasteiger partial charge in [-0.05, 0) is 44.4 Å². The monoisotopic (exact) mass is 307 g/mol. The highest BCUT2D eigenvalue weighted by atomic mass is 16.2. The molecule has 22 heavy (non-hydrogen) atoms. The Morgan fingerprint density at radius 1 is 1.05 bits per heavy atom. The van der Waals surface area contributed by atoms with Crippen LogP contribution in [0.25, 0.3) is 0 Å². The molecule has 0 aromatic heterocycles. The van der Waals surface area contributed by atoms with Gasteiger partial charge < -0.3 is 4.90 Å². The van der Waals surface area contributed by atoms with E-state index in [-0.39, 0.29) is 17.6 Å². The lowest BCUT2D eigenvalue weighted by Gasteiger charge is -2.31. The van der Waals surface area contributed by atoms with Crippen LogP contribution in [0.15, 0.2) is 0 Å². The minimum atomic E-state index is -0.170. The number of carbonyl (C=O) groups excluding carboxylic acids is 2. The van der Waals surface area contributed by atoms with E-state index >= 15 is 0 Å². The average molecular weight is 307 g/mol. The van der Waals surface area contributed by atoms with E-state index in [2.05, 4.69) is 13.8 Å². The van der Waals surface area contributed by atoms with E-state index in [1.165, 1.54) is 19.3 Å². The molecule has 2 unspecified atom stereocenters. The van der Waals surface area contributed by atoms with Gasteiger partial charge in [-0.1, -0.05) is 46.0 Å². The first-order valence-electron chi connectivity index (χ1n) is 9.53. The second-order valence-electron chi connectivity index (χ2n) is 7.21. The van der Waals surface area contributed by atoms with Crippen molar-refractivity contribution < 1.29 is 9.59 Å². The van der Waals surface area contributed by atoms with Crippen LogP contribution in [0.3, 0.4) is 0 Å². The molecule has 3 nitrogen and oxygen atoms in total. The molecule has 126 valence electrons. The minimum absolute atomic E-state index is 0.0276. The molecule has 0 radical (unpaired) electrons. The molecule has 2 atom stereocenters. The van der Waals surface area contributed by atoms with Gasteiger partial charge in [0.2, 0.25) is 5.78 Å². The summed E-state index contributed by atoms with van der Waals surface area (Å²) >= 11 is 0. The maximum Gasteiger partial charge on any atom is 0.290 e. The quantitative estimate of drug-likeness (QED) is 0.656. The van der Waals surface area contributed by atoms with Gasteiger partial charge in [0.1, 0.15) is 0 Å². The van der Waals surface area contributed by atoms with Crippen molar-refractivity contribution in [2.24, 2.45) is 11.8 Å². The predicted octanol–water partition coefficient (Wildman–Crippen LogP) is 4.34. The third kappa shape index (κ3) is 4.11. The third-order valence-corrected chi connectivity index (χ3v) is 5.74. The summed E-state index contributed by atoms with van der Waals surface area (Å²) in [5.41, 5.74) is 0. The second-order valence-corrected chi connectivity index (χ2v) is 7.21. The van der Waals surface area contributed by atoms with Crippen molar-refractivity contribution in [3.63, 3.8) is 0 Å². The van der Waals surface area contributed by atoms with Crippen LogP contribution >= 0.6 is 0 Å². The fourth-order valence-corrected chi connectivity index (χ4v) is 4.41. The number of amides is 1. The molecule has 0 spiro atoms. The number of Topliss-reactive ketones (excluding diaryl/α,β-unsaturated/α-hetero) is 1. The van der Waals surface area contributed by atoms with Crippen LogP contribution in [0, 0.1) is 11.8 Å². The topological polar surface area (TPSA) is 37.4 Å². The number of unbranched alkanes of at least 4 members (excludes halogenated alkanes) is 1. The molecule has 1 heterocycles. The van der Waals surface area contributed by atoms with Crippen LogP contribution in [0.1, 0.15) is 84.5 Å². The van der Waals surface area contributed by atoms with E-state index in [4.69, 9.17) is 0 Å². The Labute approximate surface area is 135 Å². The van der Waals surface area contributed by atoms with Crippen LogP contribution < -0.4 is 0 Å². The molecule has 0 aromatic rings. The minimum Gasteiger partial charge on any atom is -0.333 e. The van der Waals surface area contributed by atoms with Gasteiger partial charge in [-0.3, -0.25) is 9.59 Å². The summed E-state index contributed by atoms with van der Waals surface area (Å²) in [6.07, 6.45) is 12.4. The summed E-state index contributed by atoms with van der Waals surface area (Å²) in [5.74, 6) is 0.168. The molecule has 0 aromatic carbocycles. The first-order valence-corrected chi connectivity index (χ1v) is 9.53. The van der Waals surface area contributed by atoms with Gasteiger partial charge in [-0.15, -0.1) is 0 Å². The number of ketones is 1. The molecule has 1 amide bonds. The lowest BCUT2D eigenvalue weighted by atomic mass is 9.76. The highest BCUT2D eigenvalue weighted by Gasteiger charge is 2.37. The summed E-state index contributed by atoms with van der Waals surface area (Å²) in [6, 6.07) is 0.320. The van der Waals surface area contributed by atoms with Gasteiger partial charge in [0.25, 0.3) is 5.91 Å². The van der Waals surface area contributed by atoms with Crippen LogP contribution in [-0.2, 0) is 9.59 Å². The van der Waals surface area contributed by atoms with Crippen molar-refractivity contribution in [1.29, 1.82) is 0 Å². The summed E-state index contributed by atoms with van der Waals surface area (Å²) in [6.45, 7) is 5.05. The van der Waals surface area contributed by atoms with E-state index in [9.17, 15) is 9.59 Å². The van der Waals surface area contributed by atoms with Crippen LogP contribution in [0.4, 0.5) is 0 Å². The Morgan fingerprint density at radius 3 is 2.41 bits per heavy atom. The Bertz CT molecular complexity index is 374. The van der Waals surface area contributed by atoms with E-state index in [1.54, 1.807) is 0 Å². The van der Waals surface area contributed by atoms with Crippen molar-refractivity contribution in [3.05, 3.63) is 0 Å². The Hall–Kier alpha value is -0.860. The SMILES string of the molecule is CCCCC1CCCN1C(=O)C(=O)C(CC)C1CCCCC1. The zero-order chi connectivity index (χ0) is 15.9. The Balaban J connectivity index is 1.98. The van der Waals surface area contributed by atoms with Crippen LogP contribution in [-0.4, -0.2) is 29.2 Å². The predicted molar refractivity (Wildman–Crippen MR) is 89.6 cm³/mol. The number of rotatable bonds is 7. The van der Waals surface area contributed by atoms with Crippen molar-refractivity contribution in [1.82, 2.24) is 4.90 Å². The van der Waals surface area contributed by atoms with E-state index in [0.29, 0.717) is 12.0 Å². The number of nitrogens with zero attached hydrogens (tertiary/aromatic N) is 1. The number of hydrogen-bond acceptors (Lipinski definition) is 2. The van der Waals surface area contributed by atoms with Gasteiger partial charge in [0, 0.05) is 18.5 Å². The molecule has 2 aliphatic rings. The lowest BCUT2D eigenvalue weighted by Crippen LogP contribution is -2.44. The zero-order valence-corrected chi connectivity index (χ0v) is 14.5. The van der Waals surface area contributed by atoms with Crippen molar-refractivity contribution >= 4 is 11.7 Å². The molecule has 3 heteroatoms. The smallest absolute Gasteiger partial charge is 0.290 e. The molecular formula is C19H33NO2. The zero-order valence-electron chi connectivity index (χ0n) is 14.5. The molecule has 0 N–H and O–H groups in total. The molecule has 2 rings (SSSR count). The van der Waals surface area contributed by atoms with E-state index < -0.39 is 0 Å². The van der Waals surface area contributed by atoms with Crippen LogP contribution in [0.5, 0.6) is 0 Å². The highest BCUT2D eigenvalue weighted by molar-refractivity contribution is 6.37. The van der Waals surface area contributed by atoms with Gasteiger partial charge in [-0.25, -0.2) is 0 Å². The van der Waals surface area contributed by atoms with E-state index in [0.717, 1.165) is 57.9 Å². The molecule has 1 aliphatic carbocycles. The summed E-state index contributed by atoms with van der Waals surface area (Å²) < 4.78 is 0. The molecule has 1 saturated carbocycles. The number of likely N-dealkylation sites (tertiary alicyclic amines) is 1. The number of hydrogen-bond donors (Lipinski definition) is 0. The summed E-state index contributed by atoms with van der Waals surface area (Å²) in [5, 5.41) is 0. The standard InChI is InChI=1S/C19H33NO2/c1-3-5-12-16-13-9-14-20(16)19(22)18(21)17(4-2)15-10-7-6-8-11-15/h15-17H,3-14H2,1-2H3. The van der Waals surface area contributed by atoms with Gasteiger partial charge in [0.15, 0.2) is 0 Å². The summed E-state index contributed by atoms with van der Waals surface area (Å²) in [4.78, 5) is 27.4. The van der Waals surface area contributed by atoms with Crippen molar-refractivity contribution in [2.75, 3.05) is 6.54 Å². The fraction of sp³-hybridized carbons (Fsp3) is 0.895. The lowest BCUT2D eigenvalue weighted by molar-refractivity contribution is -0.148. The fourth-order valence-electron chi connectivity index (χ4n) is 4.41. The molecular weight excluding hydrogens is 274 g/mol. The maximum absolute atomic E-state index is 12.8.